The Labute approximate surface area is 231 Å². The Kier molecular flexibility index (Phi) is 8.09. The van der Waals surface area contributed by atoms with Crippen molar-refractivity contribution in [3.8, 4) is 11.5 Å². The summed E-state index contributed by atoms with van der Waals surface area (Å²) < 4.78 is 26.8. The van der Waals surface area contributed by atoms with Crippen molar-refractivity contribution in [1.29, 1.82) is 0 Å². The Balaban J connectivity index is 1.32. The van der Waals surface area contributed by atoms with Crippen LogP contribution in [0.1, 0.15) is 23.2 Å². The van der Waals surface area contributed by atoms with Gasteiger partial charge in [-0.3, -0.25) is 4.79 Å². The number of likely N-dealkylation sites (tertiary alicyclic amines) is 1. The van der Waals surface area contributed by atoms with Crippen molar-refractivity contribution < 1.29 is 18.7 Å². The highest BCUT2D eigenvalue weighted by Crippen LogP contribution is 2.36. The SMILES string of the molecule is COc1cc2c(Nc3ccc(NC(=O)c4ccccc4Cl)cc3F)ncnc2cc1OCC1CCN(C)CC1. The molecule has 0 spiro atoms. The lowest BCUT2D eigenvalue weighted by Crippen LogP contribution is -2.32. The number of rotatable bonds is 8. The first-order valence-corrected chi connectivity index (χ1v) is 13.1. The van der Waals surface area contributed by atoms with Gasteiger partial charge < -0.3 is 25.0 Å². The monoisotopic (exact) mass is 549 g/mol. The predicted octanol–water partition coefficient (Wildman–Crippen LogP) is 6.15. The number of piperidine rings is 1. The van der Waals surface area contributed by atoms with Crippen molar-refractivity contribution in [2.45, 2.75) is 12.8 Å². The van der Waals surface area contributed by atoms with E-state index in [0.717, 1.165) is 25.9 Å². The summed E-state index contributed by atoms with van der Waals surface area (Å²) in [6.07, 6.45) is 3.60. The molecule has 1 aromatic heterocycles. The van der Waals surface area contributed by atoms with Crippen LogP contribution in [0.25, 0.3) is 10.9 Å². The number of ether oxygens (including phenoxy) is 2. The van der Waals surface area contributed by atoms with E-state index in [1.165, 1.54) is 18.5 Å². The highest BCUT2D eigenvalue weighted by Gasteiger charge is 2.19. The molecular weight excluding hydrogens is 521 g/mol. The number of amides is 1. The third-order valence-corrected chi connectivity index (χ3v) is 7.16. The standard InChI is InChI=1S/C29H29ClFN5O3/c1-36-11-9-18(10-12-36)16-39-27-15-25-21(14-26(27)38-2)28(33-17-32-25)35-24-8-7-19(13-23(24)31)34-29(37)20-5-3-4-6-22(20)30/h3-8,13-15,17-18H,9-12,16H2,1-2H3,(H,34,37)(H,32,33,35). The molecule has 0 bridgehead atoms. The second kappa shape index (κ2) is 11.8. The third-order valence-electron chi connectivity index (χ3n) is 6.83. The van der Waals surface area contributed by atoms with E-state index in [1.54, 1.807) is 43.5 Å². The van der Waals surface area contributed by atoms with Crippen LogP contribution in [0.5, 0.6) is 11.5 Å². The van der Waals surface area contributed by atoms with Crippen molar-refractivity contribution in [2.75, 3.05) is 44.5 Å². The van der Waals surface area contributed by atoms with Crippen LogP contribution in [0.4, 0.5) is 21.6 Å². The van der Waals surface area contributed by atoms with Gasteiger partial charge in [0.25, 0.3) is 5.91 Å². The van der Waals surface area contributed by atoms with E-state index < -0.39 is 11.7 Å². The molecule has 202 valence electrons. The lowest BCUT2D eigenvalue weighted by Gasteiger charge is -2.28. The largest absolute Gasteiger partial charge is 0.493 e. The van der Waals surface area contributed by atoms with E-state index in [9.17, 15) is 4.79 Å². The van der Waals surface area contributed by atoms with E-state index in [1.807, 2.05) is 6.07 Å². The zero-order valence-electron chi connectivity index (χ0n) is 21.7. The molecule has 0 aliphatic carbocycles. The first-order valence-electron chi connectivity index (χ1n) is 12.7. The molecule has 3 aromatic carbocycles. The fourth-order valence-corrected chi connectivity index (χ4v) is 4.76. The second-order valence-electron chi connectivity index (χ2n) is 9.55. The Morgan fingerprint density at radius 1 is 1.10 bits per heavy atom. The normalized spacial score (nSPS) is 14.3. The molecule has 1 fully saturated rings. The average Bonchev–Trinajstić information content (AvgIpc) is 2.94. The first-order chi connectivity index (χ1) is 18.9. The van der Waals surface area contributed by atoms with Crippen LogP contribution >= 0.6 is 11.6 Å². The predicted molar refractivity (Wildman–Crippen MR) is 151 cm³/mol. The van der Waals surface area contributed by atoms with E-state index in [2.05, 4.69) is 32.5 Å². The number of anilines is 3. The third kappa shape index (κ3) is 6.21. The van der Waals surface area contributed by atoms with Crippen LogP contribution in [0, 0.1) is 11.7 Å². The molecule has 0 radical (unpaired) electrons. The number of benzene rings is 3. The van der Waals surface area contributed by atoms with Crippen LogP contribution in [0.2, 0.25) is 5.02 Å². The van der Waals surface area contributed by atoms with Gasteiger partial charge in [-0.2, -0.15) is 0 Å². The molecular formula is C29H29ClFN5O3. The van der Waals surface area contributed by atoms with Crippen molar-refractivity contribution in [3.05, 3.63) is 77.3 Å². The molecule has 2 heterocycles. The first kappa shape index (κ1) is 26.6. The zero-order chi connectivity index (χ0) is 27.4. The van der Waals surface area contributed by atoms with Crippen molar-refractivity contribution in [1.82, 2.24) is 14.9 Å². The Morgan fingerprint density at radius 3 is 2.64 bits per heavy atom. The molecule has 1 saturated heterocycles. The van der Waals surface area contributed by atoms with Gasteiger partial charge in [0.05, 0.1) is 35.5 Å². The minimum Gasteiger partial charge on any atom is -0.493 e. The maximum atomic E-state index is 15.0. The van der Waals surface area contributed by atoms with Gasteiger partial charge in [0.2, 0.25) is 0 Å². The smallest absolute Gasteiger partial charge is 0.257 e. The summed E-state index contributed by atoms with van der Waals surface area (Å²) in [5, 5.41) is 6.67. The molecule has 1 aliphatic rings. The summed E-state index contributed by atoms with van der Waals surface area (Å²) in [6, 6.07) is 14.6. The highest BCUT2D eigenvalue weighted by molar-refractivity contribution is 6.34. The van der Waals surface area contributed by atoms with Gasteiger partial charge in [-0.05, 0) is 75.3 Å². The minimum absolute atomic E-state index is 0.187. The average molecular weight is 550 g/mol. The summed E-state index contributed by atoms with van der Waals surface area (Å²) in [7, 11) is 3.71. The number of fused-ring (bicyclic) bond motifs is 1. The van der Waals surface area contributed by atoms with Crippen molar-refractivity contribution >= 4 is 45.6 Å². The maximum absolute atomic E-state index is 15.0. The lowest BCUT2D eigenvalue weighted by atomic mass is 9.98. The topological polar surface area (TPSA) is 88.6 Å². The molecule has 2 N–H and O–H groups in total. The number of aromatic nitrogens is 2. The van der Waals surface area contributed by atoms with Crippen LogP contribution < -0.4 is 20.1 Å². The maximum Gasteiger partial charge on any atom is 0.257 e. The Hall–Kier alpha value is -3.95. The fraction of sp³-hybridized carbons (Fsp3) is 0.276. The second-order valence-corrected chi connectivity index (χ2v) is 9.96. The van der Waals surface area contributed by atoms with Crippen molar-refractivity contribution in [2.24, 2.45) is 5.92 Å². The summed E-state index contributed by atoms with van der Waals surface area (Å²) in [4.78, 5) is 23.6. The molecule has 1 amide bonds. The minimum atomic E-state index is -0.566. The molecule has 5 rings (SSSR count). The summed E-state index contributed by atoms with van der Waals surface area (Å²) in [5.41, 5.74) is 1.42. The lowest BCUT2D eigenvalue weighted by molar-refractivity contribution is 0.102. The fourth-order valence-electron chi connectivity index (χ4n) is 4.54. The molecule has 10 heteroatoms. The zero-order valence-corrected chi connectivity index (χ0v) is 22.5. The van der Waals surface area contributed by atoms with Gasteiger partial charge in [-0.15, -0.1) is 0 Å². The van der Waals surface area contributed by atoms with Crippen LogP contribution in [0.3, 0.4) is 0 Å². The van der Waals surface area contributed by atoms with Crippen molar-refractivity contribution in [3.63, 3.8) is 0 Å². The summed E-state index contributed by atoms with van der Waals surface area (Å²) >= 11 is 6.09. The van der Waals surface area contributed by atoms with Gasteiger partial charge in [0.15, 0.2) is 11.5 Å². The molecule has 39 heavy (non-hydrogen) atoms. The number of carbonyl (C=O) groups is 1. The van der Waals surface area contributed by atoms with Gasteiger partial charge in [0, 0.05) is 17.1 Å². The van der Waals surface area contributed by atoms with Gasteiger partial charge in [-0.25, -0.2) is 14.4 Å². The van der Waals surface area contributed by atoms with E-state index in [0.29, 0.717) is 57.0 Å². The van der Waals surface area contributed by atoms with Gasteiger partial charge in [0.1, 0.15) is 18.0 Å². The summed E-state index contributed by atoms with van der Waals surface area (Å²) in [6.45, 7) is 2.74. The van der Waals surface area contributed by atoms with E-state index in [-0.39, 0.29) is 5.69 Å². The Bertz CT molecular complexity index is 1490. The summed E-state index contributed by atoms with van der Waals surface area (Å²) in [5.74, 6) is 1.06. The van der Waals surface area contributed by atoms with Gasteiger partial charge in [-0.1, -0.05) is 23.7 Å². The molecule has 4 aromatic rings. The number of hydrogen-bond donors (Lipinski definition) is 2. The van der Waals surface area contributed by atoms with Gasteiger partial charge >= 0.3 is 0 Å². The van der Waals surface area contributed by atoms with E-state index in [4.69, 9.17) is 21.1 Å². The number of nitrogens with zero attached hydrogens (tertiary/aromatic N) is 3. The Morgan fingerprint density at radius 2 is 1.90 bits per heavy atom. The highest BCUT2D eigenvalue weighted by atomic mass is 35.5. The number of hydrogen-bond acceptors (Lipinski definition) is 7. The van der Waals surface area contributed by atoms with Crippen LogP contribution in [0.15, 0.2) is 60.9 Å². The quantitative estimate of drug-likeness (QED) is 0.272. The number of carbonyl (C=O) groups excluding carboxylic acids is 1. The molecule has 0 atom stereocenters. The number of nitrogens with one attached hydrogen (secondary N) is 2. The molecule has 8 nitrogen and oxygen atoms in total. The number of methoxy groups -OCH3 is 1. The number of halogens is 2. The van der Waals surface area contributed by atoms with Crippen LogP contribution in [-0.4, -0.2) is 54.6 Å². The van der Waals surface area contributed by atoms with Crippen LogP contribution in [-0.2, 0) is 0 Å². The molecule has 0 unspecified atom stereocenters. The molecule has 0 saturated carbocycles. The molecule has 1 aliphatic heterocycles. The van der Waals surface area contributed by atoms with E-state index >= 15 is 4.39 Å².